The average Bonchev–Trinajstić information content (AvgIpc) is 3.23. The van der Waals surface area contributed by atoms with Gasteiger partial charge in [0.2, 0.25) is 0 Å². The third kappa shape index (κ3) is 6.12. The highest BCUT2D eigenvalue weighted by Crippen LogP contribution is 2.26. The van der Waals surface area contributed by atoms with Crippen LogP contribution in [-0.2, 0) is 17.9 Å². The lowest BCUT2D eigenvalue weighted by Gasteiger charge is -2.13. The molecule has 35 heavy (non-hydrogen) atoms. The van der Waals surface area contributed by atoms with Gasteiger partial charge in [-0.05, 0) is 61.7 Å². The van der Waals surface area contributed by atoms with Gasteiger partial charge in [-0.25, -0.2) is 4.98 Å². The molecule has 4 aromatic rings. The predicted molar refractivity (Wildman–Crippen MR) is 136 cm³/mol. The summed E-state index contributed by atoms with van der Waals surface area (Å²) in [6.45, 7) is 5.47. The van der Waals surface area contributed by atoms with Crippen molar-refractivity contribution in [1.82, 2.24) is 14.9 Å². The van der Waals surface area contributed by atoms with Crippen LogP contribution in [-0.4, -0.2) is 35.8 Å². The van der Waals surface area contributed by atoms with Crippen molar-refractivity contribution < 1.29 is 19.0 Å². The first kappa shape index (κ1) is 24.1. The van der Waals surface area contributed by atoms with E-state index < -0.39 is 0 Å². The maximum Gasteiger partial charge on any atom is 0.258 e. The summed E-state index contributed by atoms with van der Waals surface area (Å²) in [4.78, 5) is 17.2. The van der Waals surface area contributed by atoms with Gasteiger partial charge in [-0.15, -0.1) is 0 Å². The molecule has 0 spiro atoms. The first-order valence-corrected chi connectivity index (χ1v) is 11.7. The van der Waals surface area contributed by atoms with E-state index in [4.69, 9.17) is 19.2 Å². The Morgan fingerprint density at radius 3 is 2.54 bits per heavy atom. The van der Waals surface area contributed by atoms with Crippen molar-refractivity contribution in [2.75, 3.05) is 20.3 Å². The zero-order valence-electron chi connectivity index (χ0n) is 20.4. The van der Waals surface area contributed by atoms with Crippen LogP contribution < -0.4 is 19.5 Å². The first-order valence-electron chi connectivity index (χ1n) is 11.7. The second-order valence-corrected chi connectivity index (χ2v) is 8.36. The highest BCUT2D eigenvalue weighted by Gasteiger charge is 2.13. The van der Waals surface area contributed by atoms with Crippen molar-refractivity contribution in [3.05, 3.63) is 83.7 Å². The molecule has 0 saturated carbocycles. The second kappa shape index (κ2) is 11.4. The molecule has 1 aromatic heterocycles. The van der Waals surface area contributed by atoms with E-state index in [0.717, 1.165) is 45.9 Å². The van der Waals surface area contributed by atoms with Crippen LogP contribution in [0.15, 0.2) is 66.7 Å². The summed E-state index contributed by atoms with van der Waals surface area (Å²) < 4.78 is 19.1. The minimum Gasteiger partial charge on any atom is -0.493 e. The van der Waals surface area contributed by atoms with Crippen LogP contribution in [0, 0.1) is 13.8 Å². The fraction of sp³-hybridized carbons (Fsp3) is 0.286. The Bertz CT molecular complexity index is 1300. The molecule has 0 unspecified atom stereocenters. The quantitative estimate of drug-likeness (QED) is 0.316. The summed E-state index contributed by atoms with van der Waals surface area (Å²) in [7, 11) is 1.63. The summed E-state index contributed by atoms with van der Waals surface area (Å²) >= 11 is 0. The van der Waals surface area contributed by atoms with Crippen LogP contribution in [0.3, 0.4) is 0 Å². The molecule has 0 aliphatic carbocycles. The number of benzene rings is 3. The van der Waals surface area contributed by atoms with Crippen molar-refractivity contribution in [3.8, 4) is 17.2 Å². The largest absolute Gasteiger partial charge is 0.493 e. The van der Waals surface area contributed by atoms with Gasteiger partial charge in [-0.2, -0.15) is 0 Å². The molecular weight excluding hydrogens is 442 g/mol. The van der Waals surface area contributed by atoms with Crippen LogP contribution in [0.1, 0.15) is 23.4 Å². The third-order valence-electron chi connectivity index (χ3n) is 5.73. The first-order chi connectivity index (χ1) is 17.0. The van der Waals surface area contributed by atoms with Gasteiger partial charge in [0.15, 0.2) is 18.1 Å². The lowest BCUT2D eigenvalue weighted by molar-refractivity contribution is -0.123. The Kier molecular flexibility index (Phi) is 7.88. The molecule has 0 radical (unpaired) electrons. The number of hydrogen-bond acceptors (Lipinski definition) is 5. The van der Waals surface area contributed by atoms with Crippen molar-refractivity contribution >= 4 is 16.9 Å². The van der Waals surface area contributed by atoms with E-state index in [1.54, 1.807) is 7.11 Å². The number of aryl methyl sites for hydroxylation is 3. The van der Waals surface area contributed by atoms with Crippen molar-refractivity contribution in [3.63, 3.8) is 0 Å². The minimum absolute atomic E-state index is 0.0444. The number of carbonyl (C=O) groups excluding carboxylic acids is 1. The summed E-state index contributed by atoms with van der Waals surface area (Å²) in [5, 5.41) is 2.94. The van der Waals surface area contributed by atoms with E-state index in [0.29, 0.717) is 25.4 Å². The molecule has 0 aliphatic rings. The van der Waals surface area contributed by atoms with E-state index >= 15 is 0 Å². The Morgan fingerprint density at radius 1 is 0.943 bits per heavy atom. The lowest BCUT2D eigenvalue weighted by atomic mass is 10.1. The van der Waals surface area contributed by atoms with Gasteiger partial charge in [-0.1, -0.05) is 36.4 Å². The van der Waals surface area contributed by atoms with E-state index in [-0.39, 0.29) is 12.5 Å². The summed E-state index contributed by atoms with van der Waals surface area (Å²) in [6.07, 6.45) is 0.773. The SMILES string of the molecule is COc1ccccc1OCCCn1c(CNC(=O)COc2cc(C)ccc2C)nc2ccccc21. The molecule has 7 heteroatoms. The molecule has 182 valence electrons. The molecule has 1 heterocycles. The van der Waals surface area contributed by atoms with Gasteiger partial charge in [0.25, 0.3) is 5.91 Å². The predicted octanol–water partition coefficient (Wildman–Crippen LogP) is 4.83. The molecule has 7 nitrogen and oxygen atoms in total. The zero-order valence-corrected chi connectivity index (χ0v) is 20.4. The second-order valence-electron chi connectivity index (χ2n) is 8.36. The van der Waals surface area contributed by atoms with Gasteiger partial charge in [-0.3, -0.25) is 4.79 Å². The molecule has 0 atom stereocenters. The Morgan fingerprint density at radius 2 is 1.71 bits per heavy atom. The van der Waals surface area contributed by atoms with Crippen molar-refractivity contribution in [2.24, 2.45) is 0 Å². The number of nitrogens with one attached hydrogen (secondary N) is 1. The van der Waals surface area contributed by atoms with Crippen molar-refractivity contribution in [1.29, 1.82) is 0 Å². The highest BCUT2D eigenvalue weighted by molar-refractivity contribution is 5.78. The van der Waals surface area contributed by atoms with Gasteiger partial charge in [0, 0.05) is 6.54 Å². The number of hydrogen-bond donors (Lipinski definition) is 1. The Balaban J connectivity index is 1.36. The molecule has 0 bridgehead atoms. The molecule has 1 amide bonds. The molecule has 0 aliphatic heterocycles. The van der Waals surface area contributed by atoms with E-state index in [1.165, 1.54) is 0 Å². The number of amides is 1. The fourth-order valence-corrected chi connectivity index (χ4v) is 3.89. The summed E-state index contributed by atoms with van der Waals surface area (Å²) in [5.74, 6) is 2.77. The number of imidazole rings is 1. The number of nitrogens with zero attached hydrogens (tertiary/aromatic N) is 2. The summed E-state index contributed by atoms with van der Waals surface area (Å²) in [5.41, 5.74) is 4.02. The number of aromatic nitrogens is 2. The molecule has 1 N–H and O–H groups in total. The van der Waals surface area contributed by atoms with Gasteiger partial charge in [0.1, 0.15) is 11.6 Å². The molecule has 0 fully saturated rings. The maximum absolute atomic E-state index is 12.5. The Hall–Kier alpha value is -4.00. The standard InChI is InChI=1S/C28H31N3O4/c1-20-13-14-21(2)26(17-20)35-19-28(32)29-18-27-30-22-9-4-5-10-23(22)31(27)15-8-16-34-25-12-7-6-11-24(25)33-3/h4-7,9-14,17H,8,15-16,18-19H2,1-3H3,(H,29,32). The lowest BCUT2D eigenvalue weighted by Crippen LogP contribution is -2.29. The van der Waals surface area contributed by atoms with Crippen molar-refractivity contribution in [2.45, 2.75) is 33.4 Å². The number of carbonyl (C=O) groups is 1. The smallest absolute Gasteiger partial charge is 0.258 e. The molecule has 0 saturated heterocycles. The molecular formula is C28H31N3O4. The van der Waals surface area contributed by atoms with Gasteiger partial charge >= 0.3 is 0 Å². The monoisotopic (exact) mass is 473 g/mol. The highest BCUT2D eigenvalue weighted by atomic mass is 16.5. The molecule has 3 aromatic carbocycles. The maximum atomic E-state index is 12.5. The Labute approximate surface area is 205 Å². The van der Waals surface area contributed by atoms with E-state index in [2.05, 4.69) is 9.88 Å². The number of para-hydroxylation sites is 4. The number of rotatable bonds is 11. The zero-order chi connectivity index (χ0) is 24.6. The normalized spacial score (nSPS) is 10.8. The van der Waals surface area contributed by atoms with Crippen LogP contribution in [0.2, 0.25) is 0 Å². The van der Waals surface area contributed by atoms with Crippen LogP contribution >= 0.6 is 0 Å². The molecule has 4 rings (SSSR count). The summed E-state index contributed by atoms with van der Waals surface area (Å²) in [6, 6.07) is 21.5. The number of methoxy groups -OCH3 is 1. The number of fused-ring (bicyclic) bond motifs is 1. The topological polar surface area (TPSA) is 74.6 Å². The average molecular weight is 474 g/mol. The minimum atomic E-state index is -0.191. The van der Waals surface area contributed by atoms with E-state index in [9.17, 15) is 4.79 Å². The van der Waals surface area contributed by atoms with Crippen LogP contribution in [0.4, 0.5) is 0 Å². The van der Waals surface area contributed by atoms with Crippen LogP contribution in [0.25, 0.3) is 11.0 Å². The fourth-order valence-electron chi connectivity index (χ4n) is 3.89. The number of ether oxygens (including phenoxy) is 3. The third-order valence-corrected chi connectivity index (χ3v) is 5.73. The van der Waals surface area contributed by atoms with E-state index in [1.807, 2.05) is 80.6 Å². The van der Waals surface area contributed by atoms with Crippen LogP contribution in [0.5, 0.6) is 17.2 Å². The van der Waals surface area contributed by atoms with Gasteiger partial charge < -0.3 is 24.1 Å². The van der Waals surface area contributed by atoms with Gasteiger partial charge in [0.05, 0.1) is 31.3 Å².